The van der Waals surface area contributed by atoms with E-state index in [1.165, 1.54) is 12.3 Å². The molecule has 2 atom stereocenters. The second-order valence-corrected chi connectivity index (χ2v) is 6.09. The number of hydrogen-bond donors (Lipinski definition) is 1. The molecule has 1 aliphatic carbocycles. The van der Waals surface area contributed by atoms with Crippen LogP contribution in [-0.4, -0.2) is 27.4 Å². The van der Waals surface area contributed by atoms with E-state index in [2.05, 4.69) is 17.2 Å². The van der Waals surface area contributed by atoms with Gasteiger partial charge in [0.1, 0.15) is 11.4 Å². The van der Waals surface area contributed by atoms with Crippen molar-refractivity contribution < 1.29 is 14.0 Å². The van der Waals surface area contributed by atoms with Gasteiger partial charge in [-0.15, -0.1) is 0 Å². The Morgan fingerprint density at radius 2 is 2.29 bits per heavy atom. The average molecular weight is 291 g/mol. The zero-order chi connectivity index (χ0) is 15.0. The molecule has 0 aromatic carbocycles. The molecule has 5 nitrogen and oxygen atoms in total. The number of urea groups is 1. The maximum atomic E-state index is 13.3. The Morgan fingerprint density at radius 3 is 3.00 bits per heavy atom. The van der Waals surface area contributed by atoms with Gasteiger partial charge in [-0.25, -0.2) is 9.18 Å². The van der Waals surface area contributed by atoms with Crippen LogP contribution in [0.2, 0.25) is 0 Å². The lowest BCUT2D eigenvalue weighted by Crippen LogP contribution is -2.52. The van der Waals surface area contributed by atoms with Gasteiger partial charge in [-0.1, -0.05) is 19.8 Å². The minimum absolute atomic E-state index is 0.203. The first-order valence-corrected chi connectivity index (χ1v) is 7.24. The Labute approximate surface area is 122 Å². The van der Waals surface area contributed by atoms with Crippen molar-refractivity contribution in [3.8, 4) is 0 Å². The van der Waals surface area contributed by atoms with Crippen molar-refractivity contribution >= 4 is 11.9 Å². The molecule has 21 heavy (non-hydrogen) atoms. The third kappa shape index (κ3) is 2.39. The minimum Gasteiger partial charge on any atom is -0.305 e. The highest BCUT2D eigenvalue weighted by Gasteiger charge is 2.53. The first-order chi connectivity index (χ1) is 10.0. The number of pyridine rings is 1. The zero-order valence-corrected chi connectivity index (χ0v) is 11.9. The maximum Gasteiger partial charge on any atom is 0.325 e. The second-order valence-electron chi connectivity index (χ2n) is 6.09. The topological polar surface area (TPSA) is 62.3 Å². The SMILES string of the molecule is CC1CCCC2(C1)C(=O)NC(=O)N2Cc1cncc(F)c1. The molecule has 0 radical (unpaired) electrons. The van der Waals surface area contributed by atoms with Crippen LogP contribution in [-0.2, 0) is 11.3 Å². The fourth-order valence-electron chi connectivity index (χ4n) is 3.52. The normalized spacial score (nSPS) is 29.0. The molecule has 1 spiro atoms. The lowest BCUT2D eigenvalue weighted by Gasteiger charge is -2.40. The molecule has 3 amide bonds. The van der Waals surface area contributed by atoms with Crippen LogP contribution in [0.1, 0.15) is 38.2 Å². The predicted octanol–water partition coefficient (Wildman–Crippen LogP) is 2.22. The van der Waals surface area contributed by atoms with Crippen molar-refractivity contribution in [2.24, 2.45) is 5.92 Å². The summed E-state index contributed by atoms with van der Waals surface area (Å²) in [5.74, 6) is -0.267. The fourth-order valence-corrected chi connectivity index (χ4v) is 3.52. The van der Waals surface area contributed by atoms with E-state index in [9.17, 15) is 14.0 Å². The lowest BCUT2D eigenvalue weighted by molar-refractivity contribution is -0.129. The minimum atomic E-state index is -0.777. The summed E-state index contributed by atoms with van der Waals surface area (Å²) in [7, 11) is 0. The molecule has 2 unspecified atom stereocenters. The van der Waals surface area contributed by atoms with Gasteiger partial charge in [0.15, 0.2) is 0 Å². The Kier molecular flexibility index (Phi) is 3.39. The number of nitrogens with one attached hydrogen (secondary N) is 1. The number of nitrogens with zero attached hydrogens (tertiary/aromatic N) is 2. The molecule has 112 valence electrons. The smallest absolute Gasteiger partial charge is 0.305 e. The molecular formula is C15H18FN3O2. The van der Waals surface area contributed by atoms with Crippen LogP contribution in [0.4, 0.5) is 9.18 Å². The maximum absolute atomic E-state index is 13.3. The monoisotopic (exact) mass is 291 g/mol. The summed E-state index contributed by atoms with van der Waals surface area (Å²) >= 11 is 0. The first kappa shape index (κ1) is 14.0. The Morgan fingerprint density at radius 1 is 1.48 bits per heavy atom. The average Bonchev–Trinajstić information content (AvgIpc) is 2.63. The number of rotatable bonds is 2. The quantitative estimate of drug-likeness (QED) is 0.850. The van der Waals surface area contributed by atoms with Gasteiger partial charge >= 0.3 is 6.03 Å². The second kappa shape index (κ2) is 5.09. The highest BCUT2D eigenvalue weighted by atomic mass is 19.1. The van der Waals surface area contributed by atoms with Crippen LogP contribution in [0.15, 0.2) is 18.5 Å². The molecular weight excluding hydrogens is 273 g/mol. The number of carbonyl (C=O) groups is 2. The van der Waals surface area contributed by atoms with E-state index in [4.69, 9.17) is 0 Å². The van der Waals surface area contributed by atoms with Crippen LogP contribution >= 0.6 is 0 Å². The Balaban J connectivity index is 1.90. The molecule has 2 heterocycles. The Bertz CT molecular complexity index is 592. The number of amides is 3. The molecule has 0 bridgehead atoms. The Hall–Kier alpha value is -1.98. The molecule has 1 saturated heterocycles. The van der Waals surface area contributed by atoms with Crippen molar-refractivity contribution in [1.82, 2.24) is 15.2 Å². The van der Waals surface area contributed by atoms with Gasteiger partial charge in [0, 0.05) is 6.20 Å². The lowest BCUT2D eigenvalue weighted by atomic mass is 9.75. The van der Waals surface area contributed by atoms with E-state index >= 15 is 0 Å². The third-order valence-corrected chi connectivity index (χ3v) is 4.48. The van der Waals surface area contributed by atoms with Crippen molar-refractivity contribution in [3.05, 3.63) is 29.8 Å². The van der Waals surface area contributed by atoms with Crippen LogP contribution < -0.4 is 5.32 Å². The molecule has 6 heteroatoms. The van der Waals surface area contributed by atoms with Gasteiger partial charge in [-0.05, 0) is 30.4 Å². The zero-order valence-electron chi connectivity index (χ0n) is 11.9. The molecule has 1 N–H and O–H groups in total. The van der Waals surface area contributed by atoms with E-state index in [1.54, 1.807) is 4.90 Å². The van der Waals surface area contributed by atoms with Crippen molar-refractivity contribution in [2.75, 3.05) is 0 Å². The van der Waals surface area contributed by atoms with Gasteiger partial charge < -0.3 is 4.90 Å². The largest absolute Gasteiger partial charge is 0.325 e. The van der Waals surface area contributed by atoms with Gasteiger partial charge in [0.2, 0.25) is 0 Å². The summed E-state index contributed by atoms with van der Waals surface area (Å²) < 4.78 is 13.3. The summed E-state index contributed by atoms with van der Waals surface area (Å²) in [6.07, 6.45) is 5.96. The number of carbonyl (C=O) groups excluding carboxylic acids is 2. The summed E-state index contributed by atoms with van der Waals surface area (Å²) in [6, 6.07) is 0.960. The van der Waals surface area contributed by atoms with Crippen molar-refractivity contribution in [3.63, 3.8) is 0 Å². The standard InChI is InChI=1S/C15H18FN3O2/c1-10-3-2-4-15(6-10)13(20)18-14(21)19(15)9-11-5-12(16)8-17-7-11/h5,7-8,10H,2-4,6,9H2,1H3,(H,18,20,21). The van der Waals surface area contributed by atoms with Crippen LogP contribution in [0, 0.1) is 11.7 Å². The van der Waals surface area contributed by atoms with E-state index < -0.39 is 17.4 Å². The summed E-state index contributed by atoms with van der Waals surface area (Å²) in [5, 5.41) is 2.42. The molecule has 1 aliphatic heterocycles. The van der Waals surface area contributed by atoms with Crippen molar-refractivity contribution in [1.29, 1.82) is 0 Å². The summed E-state index contributed by atoms with van der Waals surface area (Å²) in [6.45, 7) is 2.30. The van der Waals surface area contributed by atoms with Gasteiger partial charge in [0.05, 0.1) is 12.7 Å². The van der Waals surface area contributed by atoms with Crippen LogP contribution in [0.3, 0.4) is 0 Å². The third-order valence-electron chi connectivity index (χ3n) is 4.48. The van der Waals surface area contributed by atoms with Gasteiger partial charge in [0.25, 0.3) is 5.91 Å². The first-order valence-electron chi connectivity index (χ1n) is 7.24. The molecule has 1 aromatic rings. The number of aromatic nitrogens is 1. The van der Waals surface area contributed by atoms with Crippen LogP contribution in [0.25, 0.3) is 0 Å². The predicted molar refractivity (Wildman–Crippen MR) is 73.6 cm³/mol. The van der Waals surface area contributed by atoms with Gasteiger partial charge in [-0.2, -0.15) is 0 Å². The van der Waals surface area contributed by atoms with E-state index in [0.29, 0.717) is 24.3 Å². The van der Waals surface area contributed by atoms with Crippen molar-refractivity contribution in [2.45, 2.75) is 44.7 Å². The molecule has 1 aromatic heterocycles. The highest BCUT2D eigenvalue weighted by molar-refractivity contribution is 6.07. The van der Waals surface area contributed by atoms with E-state index in [-0.39, 0.29) is 12.5 Å². The van der Waals surface area contributed by atoms with E-state index in [0.717, 1.165) is 19.0 Å². The fraction of sp³-hybridized carbons (Fsp3) is 0.533. The number of hydrogen-bond acceptors (Lipinski definition) is 3. The summed E-state index contributed by atoms with van der Waals surface area (Å²) in [4.78, 5) is 29.8. The highest BCUT2D eigenvalue weighted by Crippen LogP contribution is 2.40. The van der Waals surface area contributed by atoms with Crippen LogP contribution in [0.5, 0.6) is 0 Å². The molecule has 2 aliphatic rings. The molecule has 3 rings (SSSR count). The van der Waals surface area contributed by atoms with E-state index in [1.807, 2.05) is 0 Å². The molecule has 2 fully saturated rings. The molecule has 1 saturated carbocycles. The number of halogens is 1. The number of imide groups is 1. The van der Waals surface area contributed by atoms with Gasteiger partial charge in [-0.3, -0.25) is 15.1 Å². The summed E-state index contributed by atoms with van der Waals surface area (Å²) in [5.41, 5.74) is -0.182.